The molecule has 7 heteroatoms. The summed E-state index contributed by atoms with van der Waals surface area (Å²) >= 11 is 7.21. The fraction of sp³-hybridized carbons (Fsp3) is 0.500. The van der Waals surface area contributed by atoms with Gasteiger partial charge in [0.25, 0.3) is 0 Å². The Labute approximate surface area is 121 Å². The smallest absolute Gasteiger partial charge is 0.315 e. The molecule has 0 saturated carbocycles. The third-order valence-electron chi connectivity index (χ3n) is 2.46. The van der Waals surface area contributed by atoms with Gasteiger partial charge < -0.3 is 15.7 Å². The Bertz CT molecular complexity index is 436. The van der Waals surface area contributed by atoms with Crippen LogP contribution in [0.2, 0.25) is 4.34 Å². The highest BCUT2D eigenvalue weighted by molar-refractivity contribution is 7.16. The zero-order chi connectivity index (χ0) is 14.3. The minimum absolute atomic E-state index is 0.0497. The lowest BCUT2D eigenvalue weighted by Crippen LogP contribution is -2.40. The number of amides is 2. The molecular formula is C12H17ClN2O3S. The van der Waals surface area contributed by atoms with E-state index in [4.69, 9.17) is 16.7 Å². The molecule has 2 amide bonds. The minimum atomic E-state index is -0.814. The Morgan fingerprint density at radius 2 is 2.21 bits per heavy atom. The van der Waals surface area contributed by atoms with Crippen LogP contribution in [0.4, 0.5) is 4.79 Å². The van der Waals surface area contributed by atoms with Crippen LogP contribution in [0.3, 0.4) is 0 Å². The Morgan fingerprint density at radius 3 is 2.79 bits per heavy atom. The number of halogens is 1. The van der Waals surface area contributed by atoms with E-state index in [0.29, 0.717) is 23.7 Å². The normalized spacial score (nSPS) is 11.9. The lowest BCUT2D eigenvalue weighted by atomic mass is 10.1. The third-order valence-corrected chi connectivity index (χ3v) is 3.69. The molecule has 19 heavy (non-hydrogen) atoms. The number of hydrogen-bond acceptors (Lipinski definition) is 3. The number of urea groups is 1. The van der Waals surface area contributed by atoms with Crippen LogP contribution in [0.5, 0.6) is 0 Å². The van der Waals surface area contributed by atoms with Crippen molar-refractivity contribution >= 4 is 34.9 Å². The van der Waals surface area contributed by atoms with Crippen LogP contribution >= 0.6 is 22.9 Å². The summed E-state index contributed by atoms with van der Waals surface area (Å²) in [7, 11) is 0. The lowest BCUT2D eigenvalue weighted by Gasteiger charge is -2.13. The Morgan fingerprint density at radius 1 is 1.47 bits per heavy atom. The topological polar surface area (TPSA) is 78.4 Å². The van der Waals surface area contributed by atoms with E-state index in [1.165, 1.54) is 11.3 Å². The Kier molecular flexibility index (Phi) is 6.66. The average Bonchev–Trinajstić information content (AvgIpc) is 2.72. The first-order chi connectivity index (χ1) is 8.97. The summed E-state index contributed by atoms with van der Waals surface area (Å²) in [5.74, 6) is -0.814. The zero-order valence-corrected chi connectivity index (χ0v) is 12.2. The summed E-state index contributed by atoms with van der Waals surface area (Å²) in [4.78, 5) is 22.9. The largest absolute Gasteiger partial charge is 0.481 e. The van der Waals surface area contributed by atoms with Gasteiger partial charge in [0.2, 0.25) is 0 Å². The molecule has 1 aromatic rings. The second kappa shape index (κ2) is 8.01. The minimum Gasteiger partial charge on any atom is -0.481 e. The van der Waals surface area contributed by atoms with Crippen LogP contribution in [-0.4, -0.2) is 23.1 Å². The highest BCUT2D eigenvalue weighted by Crippen LogP contribution is 2.20. The second-order valence-corrected chi connectivity index (χ2v) is 6.02. The van der Waals surface area contributed by atoms with Gasteiger partial charge in [-0.1, -0.05) is 11.6 Å². The van der Waals surface area contributed by atoms with Crippen molar-refractivity contribution in [3.05, 3.63) is 21.3 Å². The van der Waals surface area contributed by atoms with Crippen molar-refractivity contribution in [3.63, 3.8) is 0 Å². The van der Waals surface area contributed by atoms with Gasteiger partial charge in [-0.2, -0.15) is 0 Å². The number of rotatable bonds is 7. The molecule has 0 aliphatic carbocycles. The summed E-state index contributed by atoms with van der Waals surface area (Å²) in [6.45, 7) is 2.29. The average molecular weight is 305 g/mol. The van der Waals surface area contributed by atoms with Crippen molar-refractivity contribution in [1.82, 2.24) is 10.6 Å². The number of hydrogen-bond donors (Lipinski definition) is 3. The molecule has 5 nitrogen and oxygen atoms in total. The monoisotopic (exact) mass is 304 g/mol. The van der Waals surface area contributed by atoms with Crippen molar-refractivity contribution in [2.75, 3.05) is 0 Å². The summed E-state index contributed by atoms with van der Waals surface area (Å²) in [6, 6.07) is 3.35. The Hall–Kier alpha value is -1.27. The maximum Gasteiger partial charge on any atom is 0.315 e. The van der Waals surface area contributed by atoms with E-state index in [2.05, 4.69) is 10.6 Å². The van der Waals surface area contributed by atoms with Gasteiger partial charge in [-0.3, -0.25) is 4.79 Å². The van der Waals surface area contributed by atoms with Crippen molar-refractivity contribution in [2.24, 2.45) is 0 Å². The summed E-state index contributed by atoms with van der Waals surface area (Å²) in [5.41, 5.74) is 0. The maximum absolute atomic E-state index is 11.6. The molecule has 3 N–H and O–H groups in total. The van der Waals surface area contributed by atoms with E-state index in [0.717, 1.165) is 4.88 Å². The number of carbonyl (C=O) groups excluding carboxylic acids is 1. The van der Waals surface area contributed by atoms with E-state index in [-0.39, 0.29) is 18.5 Å². The van der Waals surface area contributed by atoms with Crippen molar-refractivity contribution in [3.8, 4) is 0 Å². The lowest BCUT2D eigenvalue weighted by molar-refractivity contribution is -0.137. The Balaban J connectivity index is 2.17. The first-order valence-electron chi connectivity index (χ1n) is 5.97. The molecule has 0 spiro atoms. The van der Waals surface area contributed by atoms with E-state index in [1.807, 2.05) is 13.0 Å². The first-order valence-corrected chi connectivity index (χ1v) is 7.17. The highest BCUT2D eigenvalue weighted by atomic mass is 35.5. The number of thiophene rings is 1. The molecule has 0 aromatic carbocycles. The third kappa shape index (κ3) is 7.03. The predicted octanol–water partition coefficient (Wildman–Crippen LogP) is 2.84. The fourth-order valence-electron chi connectivity index (χ4n) is 1.52. The van der Waals surface area contributed by atoms with E-state index in [1.54, 1.807) is 6.07 Å². The van der Waals surface area contributed by atoms with Gasteiger partial charge in [-0.25, -0.2) is 4.79 Å². The second-order valence-electron chi connectivity index (χ2n) is 4.22. The molecule has 0 aliphatic heterocycles. The van der Waals surface area contributed by atoms with Crippen LogP contribution in [0.25, 0.3) is 0 Å². The summed E-state index contributed by atoms with van der Waals surface area (Å²) in [5, 5.41) is 14.0. The van der Waals surface area contributed by atoms with Crippen LogP contribution in [0.15, 0.2) is 12.1 Å². The standard InChI is InChI=1S/C12H17ClN2O3S/c1-8(3-2-4-11(16)17)15-12(18)14-7-9-5-6-10(13)19-9/h5-6,8H,2-4,7H2,1H3,(H,16,17)(H2,14,15,18). The molecule has 0 bridgehead atoms. The molecule has 1 aromatic heterocycles. The van der Waals surface area contributed by atoms with Crippen LogP contribution < -0.4 is 10.6 Å². The molecule has 1 unspecified atom stereocenters. The van der Waals surface area contributed by atoms with Crippen molar-refractivity contribution < 1.29 is 14.7 Å². The first kappa shape index (κ1) is 15.8. The summed E-state index contributed by atoms with van der Waals surface area (Å²) in [6.07, 6.45) is 1.32. The van der Waals surface area contributed by atoms with Gasteiger partial charge in [0, 0.05) is 17.3 Å². The fourth-order valence-corrected chi connectivity index (χ4v) is 2.55. The number of nitrogens with one attached hydrogen (secondary N) is 2. The molecule has 0 radical (unpaired) electrons. The molecule has 1 rings (SSSR count). The molecule has 0 fully saturated rings. The molecule has 1 atom stereocenters. The van der Waals surface area contributed by atoms with E-state index >= 15 is 0 Å². The SMILES string of the molecule is CC(CCCC(=O)O)NC(=O)NCc1ccc(Cl)s1. The van der Waals surface area contributed by atoms with Gasteiger partial charge >= 0.3 is 12.0 Å². The summed E-state index contributed by atoms with van der Waals surface area (Å²) < 4.78 is 0.694. The highest BCUT2D eigenvalue weighted by Gasteiger charge is 2.08. The van der Waals surface area contributed by atoms with Crippen molar-refractivity contribution in [1.29, 1.82) is 0 Å². The number of aliphatic carboxylic acids is 1. The number of carbonyl (C=O) groups is 2. The molecule has 1 heterocycles. The van der Waals surface area contributed by atoms with Crippen LogP contribution in [0, 0.1) is 0 Å². The van der Waals surface area contributed by atoms with E-state index in [9.17, 15) is 9.59 Å². The van der Waals surface area contributed by atoms with Crippen molar-refractivity contribution in [2.45, 2.75) is 38.8 Å². The van der Waals surface area contributed by atoms with Gasteiger partial charge in [0.1, 0.15) is 0 Å². The quantitative estimate of drug-likeness (QED) is 0.725. The van der Waals surface area contributed by atoms with Gasteiger partial charge in [-0.15, -0.1) is 11.3 Å². The molecule has 106 valence electrons. The predicted molar refractivity (Wildman–Crippen MR) is 75.6 cm³/mol. The van der Waals surface area contributed by atoms with Crippen LogP contribution in [-0.2, 0) is 11.3 Å². The van der Waals surface area contributed by atoms with Crippen LogP contribution in [0.1, 0.15) is 31.1 Å². The van der Waals surface area contributed by atoms with E-state index < -0.39 is 5.97 Å². The number of carboxylic acids is 1. The molecular weight excluding hydrogens is 288 g/mol. The van der Waals surface area contributed by atoms with Gasteiger partial charge in [-0.05, 0) is 31.9 Å². The molecule has 0 aliphatic rings. The van der Waals surface area contributed by atoms with Gasteiger partial charge in [0.15, 0.2) is 0 Å². The zero-order valence-electron chi connectivity index (χ0n) is 10.6. The number of carboxylic acid groups (broad SMARTS) is 1. The molecule has 0 saturated heterocycles. The van der Waals surface area contributed by atoms with Gasteiger partial charge in [0.05, 0.1) is 10.9 Å². The maximum atomic E-state index is 11.6.